The third-order valence-corrected chi connectivity index (χ3v) is 5.56. The molecule has 0 bridgehead atoms. The first-order valence-electron chi connectivity index (χ1n) is 9.51. The van der Waals surface area contributed by atoms with Gasteiger partial charge in [-0.25, -0.2) is 4.39 Å². The average molecular weight is 422 g/mol. The molecule has 4 aromatic rings. The van der Waals surface area contributed by atoms with Crippen LogP contribution in [0.2, 0.25) is 5.02 Å². The summed E-state index contributed by atoms with van der Waals surface area (Å²) in [6.07, 6.45) is 3.87. The van der Waals surface area contributed by atoms with Crippen LogP contribution < -0.4 is 0 Å². The van der Waals surface area contributed by atoms with Gasteiger partial charge >= 0.3 is 0 Å². The van der Waals surface area contributed by atoms with Crippen LogP contribution in [-0.2, 0) is 20.0 Å². The molecule has 0 radical (unpaired) electrons. The van der Waals surface area contributed by atoms with Gasteiger partial charge in [0.2, 0.25) is 0 Å². The van der Waals surface area contributed by atoms with Crippen LogP contribution in [0.25, 0.3) is 22.3 Å². The maximum Gasteiger partial charge on any atom is 0.254 e. The van der Waals surface area contributed by atoms with Crippen LogP contribution in [0.3, 0.4) is 0 Å². The van der Waals surface area contributed by atoms with E-state index >= 15 is 0 Å². The molecular weight excluding hydrogens is 405 g/mol. The molecule has 150 valence electrons. The SMILES string of the molecule is Cn1nc2c(c1-c1cc(F)cc(Cl)c1)CCN(C(=O)c1ccc3nccnc3c1)C2. The summed E-state index contributed by atoms with van der Waals surface area (Å²) in [5.74, 6) is -0.464. The summed E-state index contributed by atoms with van der Waals surface area (Å²) in [6, 6.07) is 9.80. The van der Waals surface area contributed by atoms with Gasteiger partial charge in [0.05, 0.1) is 29.0 Å². The van der Waals surface area contributed by atoms with Crippen molar-refractivity contribution in [2.24, 2.45) is 7.05 Å². The third kappa shape index (κ3) is 3.21. The number of carbonyl (C=O) groups excluding carboxylic acids is 1. The molecule has 3 heterocycles. The van der Waals surface area contributed by atoms with Crippen molar-refractivity contribution < 1.29 is 9.18 Å². The van der Waals surface area contributed by atoms with E-state index in [9.17, 15) is 9.18 Å². The van der Waals surface area contributed by atoms with E-state index in [2.05, 4.69) is 15.1 Å². The molecule has 5 rings (SSSR count). The second kappa shape index (κ2) is 7.18. The Labute approximate surface area is 176 Å². The van der Waals surface area contributed by atoms with Gasteiger partial charge in [-0.05, 0) is 42.8 Å². The highest BCUT2D eigenvalue weighted by Gasteiger charge is 2.28. The number of rotatable bonds is 2. The van der Waals surface area contributed by atoms with E-state index in [4.69, 9.17) is 11.6 Å². The van der Waals surface area contributed by atoms with Crippen LogP contribution in [-0.4, -0.2) is 37.1 Å². The Morgan fingerprint density at radius 2 is 1.90 bits per heavy atom. The highest BCUT2D eigenvalue weighted by Crippen LogP contribution is 2.32. The second-order valence-corrected chi connectivity index (χ2v) is 7.73. The minimum absolute atomic E-state index is 0.0748. The lowest BCUT2D eigenvalue weighted by molar-refractivity contribution is 0.0732. The Balaban J connectivity index is 1.46. The van der Waals surface area contributed by atoms with E-state index in [-0.39, 0.29) is 11.7 Å². The summed E-state index contributed by atoms with van der Waals surface area (Å²) in [5, 5.41) is 4.94. The maximum absolute atomic E-state index is 13.9. The summed E-state index contributed by atoms with van der Waals surface area (Å²) in [4.78, 5) is 23.4. The van der Waals surface area contributed by atoms with Crippen LogP contribution in [0.1, 0.15) is 21.6 Å². The summed E-state index contributed by atoms with van der Waals surface area (Å²) >= 11 is 6.04. The van der Waals surface area contributed by atoms with Crippen LogP contribution in [0.5, 0.6) is 0 Å². The zero-order valence-corrected chi connectivity index (χ0v) is 16.9. The summed E-state index contributed by atoms with van der Waals surface area (Å²) < 4.78 is 15.6. The van der Waals surface area contributed by atoms with Crippen molar-refractivity contribution in [3.63, 3.8) is 0 Å². The molecule has 0 saturated carbocycles. The quantitative estimate of drug-likeness (QED) is 0.490. The van der Waals surface area contributed by atoms with Gasteiger partial charge < -0.3 is 4.90 Å². The van der Waals surface area contributed by atoms with Gasteiger partial charge in [0.15, 0.2) is 0 Å². The number of amides is 1. The van der Waals surface area contributed by atoms with E-state index in [0.29, 0.717) is 41.2 Å². The average Bonchev–Trinajstić information content (AvgIpc) is 3.07. The van der Waals surface area contributed by atoms with E-state index in [1.165, 1.54) is 12.1 Å². The molecule has 0 aliphatic carbocycles. The molecule has 0 spiro atoms. The Morgan fingerprint density at radius 1 is 1.10 bits per heavy atom. The van der Waals surface area contributed by atoms with E-state index in [1.54, 1.807) is 46.2 Å². The topological polar surface area (TPSA) is 63.9 Å². The summed E-state index contributed by atoms with van der Waals surface area (Å²) in [5.41, 5.74) is 5.35. The number of hydrogen-bond acceptors (Lipinski definition) is 4. The second-order valence-electron chi connectivity index (χ2n) is 7.29. The third-order valence-electron chi connectivity index (χ3n) is 5.34. The van der Waals surface area contributed by atoms with Gasteiger partial charge in [0, 0.05) is 47.7 Å². The molecule has 6 nitrogen and oxygen atoms in total. The molecule has 0 N–H and O–H groups in total. The zero-order chi connectivity index (χ0) is 20.8. The molecule has 1 aliphatic rings. The number of carbonyl (C=O) groups is 1. The molecule has 2 aromatic carbocycles. The van der Waals surface area contributed by atoms with Crippen molar-refractivity contribution in [3.05, 3.63) is 76.5 Å². The molecule has 0 saturated heterocycles. The fourth-order valence-electron chi connectivity index (χ4n) is 4.02. The molecule has 8 heteroatoms. The molecule has 2 aromatic heterocycles. The van der Waals surface area contributed by atoms with Gasteiger partial charge in [-0.3, -0.25) is 19.4 Å². The highest BCUT2D eigenvalue weighted by molar-refractivity contribution is 6.30. The minimum Gasteiger partial charge on any atom is -0.332 e. The molecule has 0 atom stereocenters. The first kappa shape index (κ1) is 18.7. The number of aryl methyl sites for hydroxylation is 1. The lowest BCUT2D eigenvalue weighted by atomic mass is 9.99. The number of halogens is 2. The van der Waals surface area contributed by atoms with Crippen molar-refractivity contribution in [3.8, 4) is 11.3 Å². The first-order valence-corrected chi connectivity index (χ1v) is 9.88. The number of benzene rings is 2. The van der Waals surface area contributed by atoms with Gasteiger partial charge in [-0.1, -0.05) is 11.6 Å². The number of nitrogens with zero attached hydrogens (tertiary/aromatic N) is 5. The van der Waals surface area contributed by atoms with Crippen molar-refractivity contribution in [2.45, 2.75) is 13.0 Å². The fourth-order valence-corrected chi connectivity index (χ4v) is 4.25. The molecule has 1 aliphatic heterocycles. The molecule has 1 amide bonds. The van der Waals surface area contributed by atoms with Gasteiger partial charge in [-0.15, -0.1) is 0 Å². The van der Waals surface area contributed by atoms with E-state index < -0.39 is 0 Å². The largest absolute Gasteiger partial charge is 0.332 e. The van der Waals surface area contributed by atoms with Gasteiger partial charge in [-0.2, -0.15) is 5.10 Å². The summed E-state index contributed by atoms with van der Waals surface area (Å²) in [7, 11) is 1.82. The van der Waals surface area contributed by atoms with Crippen LogP contribution >= 0.6 is 11.6 Å². The minimum atomic E-state index is -0.389. The molecule has 30 heavy (non-hydrogen) atoms. The van der Waals surface area contributed by atoms with Crippen molar-refractivity contribution in [1.29, 1.82) is 0 Å². The number of fused-ring (bicyclic) bond motifs is 2. The zero-order valence-electron chi connectivity index (χ0n) is 16.1. The van der Waals surface area contributed by atoms with Crippen molar-refractivity contribution in [1.82, 2.24) is 24.6 Å². The van der Waals surface area contributed by atoms with Crippen molar-refractivity contribution in [2.75, 3.05) is 6.54 Å². The summed E-state index contributed by atoms with van der Waals surface area (Å²) in [6.45, 7) is 0.940. The standard InChI is InChI=1S/C22H17ClFN5O/c1-28-21(14-8-15(23)11-16(24)9-14)17-4-7-29(12-20(17)27-28)22(30)13-2-3-18-19(10-13)26-6-5-25-18/h2-3,5-6,8-11H,4,7,12H2,1H3. The molecule has 0 unspecified atom stereocenters. The monoisotopic (exact) mass is 421 g/mol. The van der Waals surface area contributed by atoms with E-state index in [0.717, 1.165) is 22.5 Å². The number of hydrogen-bond donors (Lipinski definition) is 0. The predicted octanol–water partition coefficient (Wildman–Crippen LogP) is 4.02. The van der Waals surface area contributed by atoms with Crippen LogP contribution in [0, 0.1) is 5.82 Å². The smallest absolute Gasteiger partial charge is 0.254 e. The van der Waals surface area contributed by atoms with Crippen LogP contribution in [0.4, 0.5) is 4.39 Å². The van der Waals surface area contributed by atoms with Crippen molar-refractivity contribution >= 4 is 28.5 Å². The van der Waals surface area contributed by atoms with Crippen LogP contribution in [0.15, 0.2) is 48.8 Å². The number of aromatic nitrogens is 4. The van der Waals surface area contributed by atoms with Gasteiger partial charge in [0.1, 0.15) is 5.82 Å². The highest BCUT2D eigenvalue weighted by atomic mass is 35.5. The van der Waals surface area contributed by atoms with Gasteiger partial charge in [0.25, 0.3) is 5.91 Å². The predicted molar refractivity (Wildman–Crippen MR) is 112 cm³/mol. The van der Waals surface area contributed by atoms with E-state index in [1.807, 2.05) is 7.05 Å². The Bertz CT molecular complexity index is 1280. The Hall–Kier alpha value is -3.32. The maximum atomic E-state index is 13.9. The normalized spacial score (nSPS) is 13.5. The lowest BCUT2D eigenvalue weighted by Crippen LogP contribution is -2.36. The Morgan fingerprint density at radius 3 is 2.70 bits per heavy atom. The first-order chi connectivity index (χ1) is 14.5. The molecule has 0 fully saturated rings. The molecular formula is C22H17ClFN5O. The lowest BCUT2D eigenvalue weighted by Gasteiger charge is -2.26. The fraction of sp³-hybridized carbons (Fsp3) is 0.182. The Kier molecular flexibility index (Phi) is 4.47.